The molecule has 0 aliphatic heterocycles. The SMILES string of the molecule is Fc1ccc(OCCn2cnc3ccccc32)c(F)c1. The summed E-state index contributed by atoms with van der Waals surface area (Å²) in [5.41, 5.74) is 1.90. The van der Waals surface area contributed by atoms with Crippen molar-refractivity contribution in [3.8, 4) is 5.75 Å². The zero-order chi connectivity index (χ0) is 13.9. The van der Waals surface area contributed by atoms with E-state index in [4.69, 9.17) is 4.74 Å². The van der Waals surface area contributed by atoms with Gasteiger partial charge in [0.2, 0.25) is 0 Å². The Morgan fingerprint density at radius 1 is 1.10 bits per heavy atom. The summed E-state index contributed by atoms with van der Waals surface area (Å²) in [7, 11) is 0. The number of hydrogen-bond donors (Lipinski definition) is 0. The second-order valence-electron chi connectivity index (χ2n) is 4.35. The van der Waals surface area contributed by atoms with Crippen molar-refractivity contribution < 1.29 is 13.5 Å². The number of para-hydroxylation sites is 2. The minimum atomic E-state index is -0.694. The van der Waals surface area contributed by atoms with E-state index < -0.39 is 11.6 Å². The van der Waals surface area contributed by atoms with Gasteiger partial charge in [-0.05, 0) is 24.3 Å². The Morgan fingerprint density at radius 2 is 1.95 bits per heavy atom. The van der Waals surface area contributed by atoms with Crippen LogP contribution in [0.3, 0.4) is 0 Å². The quantitative estimate of drug-likeness (QED) is 0.729. The highest BCUT2D eigenvalue weighted by Gasteiger charge is 2.05. The zero-order valence-electron chi connectivity index (χ0n) is 10.6. The first kappa shape index (κ1) is 12.6. The number of halogens is 2. The van der Waals surface area contributed by atoms with Gasteiger partial charge in [-0.25, -0.2) is 13.8 Å². The first-order valence-electron chi connectivity index (χ1n) is 6.22. The van der Waals surface area contributed by atoms with Crippen LogP contribution in [-0.2, 0) is 6.54 Å². The van der Waals surface area contributed by atoms with Gasteiger partial charge in [0.1, 0.15) is 12.4 Å². The molecule has 1 heterocycles. The van der Waals surface area contributed by atoms with Gasteiger partial charge in [-0.2, -0.15) is 0 Å². The summed E-state index contributed by atoms with van der Waals surface area (Å²) in [4.78, 5) is 4.26. The normalized spacial score (nSPS) is 10.9. The largest absolute Gasteiger partial charge is 0.489 e. The number of hydrogen-bond acceptors (Lipinski definition) is 2. The number of aromatic nitrogens is 2. The molecule has 0 fully saturated rings. The van der Waals surface area contributed by atoms with Crippen LogP contribution < -0.4 is 4.74 Å². The van der Waals surface area contributed by atoms with Crippen LogP contribution in [0.15, 0.2) is 48.8 Å². The Kier molecular flexibility index (Phi) is 3.33. The molecule has 0 atom stereocenters. The molecule has 1 aromatic heterocycles. The number of rotatable bonds is 4. The molecule has 3 nitrogen and oxygen atoms in total. The lowest BCUT2D eigenvalue weighted by atomic mass is 10.3. The van der Waals surface area contributed by atoms with Crippen molar-refractivity contribution in [1.82, 2.24) is 9.55 Å². The van der Waals surface area contributed by atoms with Gasteiger partial charge in [-0.1, -0.05) is 12.1 Å². The van der Waals surface area contributed by atoms with Crippen LogP contribution in [0, 0.1) is 11.6 Å². The van der Waals surface area contributed by atoms with Crippen molar-refractivity contribution >= 4 is 11.0 Å². The van der Waals surface area contributed by atoms with Gasteiger partial charge in [0.25, 0.3) is 0 Å². The van der Waals surface area contributed by atoms with E-state index in [-0.39, 0.29) is 12.4 Å². The first-order chi connectivity index (χ1) is 9.74. The number of ether oxygens (including phenoxy) is 1. The van der Waals surface area contributed by atoms with Crippen LogP contribution in [0.5, 0.6) is 5.75 Å². The average molecular weight is 274 g/mol. The van der Waals surface area contributed by atoms with E-state index in [1.54, 1.807) is 6.33 Å². The number of fused-ring (bicyclic) bond motifs is 1. The molecule has 0 radical (unpaired) electrons. The maximum absolute atomic E-state index is 13.4. The van der Waals surface area contributed by atoms with E-state index in [2.05, 4.69) is 4.98 Å². The predicted molar refractivity (Wildman–Crippen MR) is 71.6 cm³/mol. The molecule has 2 aromatic carbocycles. The van der Waals surface area contributed by atoms with Crippen LogP contribution in [-0.4, -0.2) is 16.2 Å². The summed E-state index contributed by atoms with van der Waals surface area (Å²) in [5, 5.41) is 0. The van der Waals surface area contributed by atoms with Gasteiger partial charge in [0.15, 0.2) is 11.6 Å². The fourth-order valence-electron chi connectivity index (χ4n) is 2.03. The third-order valence-corrected chi connectivity index (χ3v) is 3.01. The highest BCUT2D eigenvalue weighted by molar-refractivity contribution is 5.74. The fourth-order valence-corrected chi connectivity index (χ4v) is 2.03. The lowest BCUT2D eigenvalue weighted by molar-refractivity contribution is 0.285. The highest BCUT2D eigenvalue weighted by Crippen LogP contribution is 2.18. The van der Waals surface area contributed by atoms with Crippen LogP contribution in [0.1, 0.15) is 0 Å². The van der Waals surface area contributed by atoms with Crippen molar-refractivity contribution in [2.24, 2.45) is 0 Å². The van der Waals surface area contributed by atoms with Crippen molar-refractivity contribution in [3.05, 3.63) is 60.4 Å². The molecule has 0 saturated carbocycles. The molecule has 0 aliphatic rings. The van der Waals surface area contributed by atoms with Crippen molar-refractivity contribution in [1.29, 1.82) is 0 Å². The van der Waals surface area contributed by atoms with Gasteiger partial charge >= 0.3 is 0 Å². The lowest BCUT2D eigenvalue weighted by Crippen LogP contribution is -2.08. The number of benzene rings is 2. The lowest BCUT2D eigenvalue weighted by Gasteiger charge is -2.08. The third kappa shape index (κ3) is 2.47. The molecule has 0 bridgehead atoms. The minimum Gasteiger partial charge on any atom is -0.489 e. The highest BCUT2D eigenvalue weighted by atomic mass is 19.1. The molecule has 0 unspecified atom stereocenters. The van der Waals surface area contributed by atoms with E-state index in [9.17, 15) is 8.78 Å². The summed E-state index contributed by atoms with van der Waals surface area (Å²) < 4.78 is 33.4. The second-order valence-corrected chi connectivity index (χ2v) is 4.35. The number of imidazole rings is 1. The predicted octanol–water partition coefficient (Wildman–Crippen LogP) is 3.39. The fraction of sp³-hybridized carbons (Fsp3) is 0.133. The second kappa shape index (κ2) is 5.28. The molecular formula is C15H12F2N2O. The van der Waals surface area contributed by atoms with Crippen LogP contribution >= 0.6 is 0 Å². The molecule has 3 aromatic rings. The Morgan fingerprint density at radius 3 is 2.80 bits per heavy atom. The molecule has 0 amide bonds. The zero-order valence-corrected chi connectivity index (χ0v) is 10.6. The Bertz CT molecular complexity index is 740. The summed E-state index contributed by atoms with van der Waals surface area (Å²) in [6.45, 7) is 0.820. The molecule has 0 saturated heterocycles. The standard InChI is InChI=1S/C15H12F2N2O/c16-11-5-6-15(12(17)9-11)20-8-7-19-10-18-13-3-1-2-4-14(13)19/h1-6,9-10H,7-8H2. The maximum atomic E-state index is 13.4. The minimum absolute atomic E-state index is 0.0517. The Balaban J connectivity index is 1.68. The summed E-state index contributed by atoms with van der Waals surface area (Å²) in [6.07, 6.45) is 1.72. The van der Waals surface area contributed by atoms with Crippen LogP contribution in [0.2, 0.25) is 0 Å². The van der Waals surface area contributed by atoms with Crippen LogP contribution in [0.25, 0.3) is 11.0 Å². The van der Waals surface area contributed by atoms with Gasteiger partial charge in [-0.15, -0.1) is 0 Å². The smallest absolute Gasteiger partial charge is 0.167 e. The number of nitrogens with zero attached hydrogens (tertiary/aromatic N) is 2. The topological polar surface area (TPSA) is 27.1 Å². The summed E-state index contributed by atoms with van der Waals surface area (Å²) in [6, 6.07) is 11.0. The van der Waals surface area contributed by atoms with Crippen molar-refractivity contribution in [2.75, 3.05) is 6.61 Å². The molecule has 20 heavy (non-hydrogen) atoms. The molecule has 3 rings (SSSR count). The Labute approximate surface area is 114 Å². The molecule has 0 N–H and O–H groups in total. The molecule has 102 valence electrons. The van der Waals surface area contributed by atoms with Gasteiger partial charge in [-0.3, -0.25) is 0 Å². The maximum Gasteiger partial charge on any atom is 0.167 e. The van der Waals surface area contributed by atoms with Gasteiger partial charge in [0.05, 0.1) is 23.9 Å². The van der Waals surface area contributed by atoms with E-state index in [0.717, 1.165) is 17.1 Å². The van der Waals surface area contributed by atoms with Gasteiger partial charge < -0.3 is 9.30 Å². The van der Waals surface area contributed by atoms with E-state index in [1.807, 2.05) is 28.8 Å². The van der Waals surface area contributed by atoms with Gasteiger partial charge in [0, 0.05) is 6.07 Å². The van der Waals surface area contributed by atoms with E-state index in [0.29, 0.717) is 6.54 Å². The Hall–Kier alpha value is -2.43. The van der Waals surface area contributed by atoms with Crippen molar-refractivity contribution in [3.63, 3.8) is 0 Å². The monoisotopic (exact) mass is 274 g/mol. The van der Waals surface area contributed by atoms with Crippen LogP contribution in [0.4, 0.5) is 8.78 Å². The molecular weight excluding hydrogens is 262 g/mol. The molecule has 0 aliphatic carbocycles. The average Bonchev–Trinajstić information content (AvgIpc) is 2.85. The molecule has 5 heteroatoms. The summed E-state index contributed by atoms with van der Waals surface area (Å²) >= 11 is 0. The van der Waals surface area contributed by atoms with E-state index in [1.165, 1.54) is 12.1 Å². The van der Waals surface area contributed by atoms with E-state index >= 15 is 0 Å². The molecule has 0 spiro atoms. The summed E-state index contributed by atoms with van der Waals surface area (Å²) in [5.74, 6) is -1.26. The first-order valence-corrected chi connectivity index (χ1v) is 6.22. The third-order valence-electron chi connectivity index (χ3n) is 3.01. The van der Waals surface area contributed by atoms with Crippen molar-refractivity contribution in [2.45, 2.75) is 6.54 Å².